The molecule has 0 spiro atoms. The van der Waals surface area contributed by atoms with E-state index in [1.165, 1.54) is 23.8 Å². The molecule has 0 aromatic heterocycles. The fourth-order valence-corrected chi connectivity index (χ4v) is 3.17. The number of carbonyl (C=O) groups is 2. The molecule has 2 aromatic rings. The summed E-state index contributed by atoms with van der Waals surface area (Å²) in [6.45, 7) is 4.20. The largest absolute Gasteiger partial charge is 0.341 e. The first kappa shape index (κ1) is 18.1. The molecule has 1 saturated heterocycles. The molecule has 1 aliphatic heterocycles. The summed E-state index contributed by atoms with van der Waals surface area (Å²) in [7, 11) is 0. The molecule has 2 aromatic carbocycles. The van der Waals surface area contributed by atoms with Crippen LogP contribution in [-0.2, 0) is 11.2 Å². The van der Waals surface area contributed by atoms with Gasteiger partial charge in [-0.2, -0.15) is 0 Å². The van der Waals surface area contributed by atoms with Gasteiger partial charge >= 0.3 is 0 Å². The van der Waals surface area contributed by atoms with Gasteiger partial charge in [-0.15, -0.1) is 0 Å². The highest BCUT2D eigenvalue weighted by atomic mass is 19.1. The van der Waals surface area contributed by atoms with Crippen molar-refractivity contribution in [2.45, 2.75) is 19.8 Å². The molecule has 0 atom stereocenters. The van der Waals surface area contributed by atoms with E-state index < -0.39 is 5.82 Å². The van der Waals surface area contributed by atoms with Crippen LogP contribution in [0.15, 0.2) is 48.5 Å². The van der Waals surface area contributed by atoms with E-state index in [2.05, 4.69) is 0 Å². The zero-order chi connectivity index (χ0) is 18.5. The summed E-state index contributed by atoms with van der Waals surface area (Å²) >= 11 is 0. The van der Waals surface area contributed by atoms with E-state index in [-0.39, 0.29) is 11.8 Å². The van der Waals surface area contributed by atoms with E-state index in [1.54, 1.807) is 11.0 Å². The second-order valence-corrected chi connectivity index (χ2v) is 6.70. The quantitative estimate of drug-likeness (QED) is 0.850. The number of halogens is 1. The molecule has 0 aliphatic carbocycles. The molecule has 2 amide bonds. The Kier molecular flexibility index (Phi) is 5.66. The average molecular weight is 354 g/mol. The maximum atomic E-state index is 13.4. The normalized spacial score (nSPS) is 14.8. The van der Waals surface area contributed by atoms with Crippen LogP contribution >= 0.6 is 0 Å². The van der Waals surface area contributed by atoms with Crippen LogP contribution in [0.2, 0.25) is 0 Å². The minimum atomic E-state index is -0.416. The number of carbonyl (C=O) groups excluding carboxylic acids is 2. The van der Waals surface area contributed by atoms with E-state index in [4.69, 9.17) is 0 Å². The van der Waals surface area contributed by atoms with Crippen LogP contribution in [0.5, 0.6) is 0 Å². The number of hydrogen-bond donors (Lipinski definition) is 0. The molecule has 0 radical (unpaired) electrons. The van der Waals surface area contributed by atoms with Gasteiger partial charge in [0.2, 0.25) is 5.91 Å². The van der Waals surface area contributed by atoms with Gasteiger partial charge < -0.3 is 9.80 Å². The number of rotatable bonds is 3. The third-order valence-electron chi connectivity index (χ3n) is 4.68. The Hall–Kier alpha value is -2.69. The molecule has 26 heavy (non-hydrogen) atoms. The predicted molar refractivity (Wildman–Crippen MR) is 98.4 cm³/mol. The summed E-state index contributed by atoms with van der Waals surface area (Å²) < 4.78 is 13.4. The standard InChI is InChI=1S/C21H23FN2O2/c1-16-6-8-17(9-7-16)14-20(25)23-10-3-11-24(13-12-23)21(26)18-4-2-5-19(22)15-18/h2,4-9,15H,3,10-14H2,1H3. The molecular weight excluding hydrogens is 331 g/mol. The molecule has 4 nitrogen and oxygen atoms in total. The highest BCUT2D eigenvalue weighted by Gasteiger charge is 2.23. The molecule has 1 fully saturated rings. The van der Waals surface area contributed by atoms with Gasteiger partial charge in [-0.05, 0) is 37.1 Å². The third kappa shape index (κ3) is 4.48. The Morgan fingerprint density at radius 1 is 0.962 bits per heavy atom. The van der Waals surface area contributed by atoms with Gasteiger partial charge in [0.05, 0.1) is 6.42 Å². The first-order chi connectivity index (χ1) is 12.5. The van der Waals surface area contributed by atoms with Crippen molar-refractivity contribution in [2.75, 3.05) is 26.2 Å². The van der Waals surface area contributed by atoms with Crippen LogP contribution in [0.25, 0.3) is 0 Å². The van der Waals surface area contributed by atoms with Gasteiger partial charge in [0.1, 0.15) is 5.82 Å². The second kappa shape index (κ2) is 8.13. The minimum Gasteiger partial charge on any atom is -0.341 e. The summed E-state index contributed by atoms with van der Waals surface area (Å²) in [5, 5.41) is 0. The maximum absolute atomic E-state index is 13.4. The van der Waals surface area contributed by atoms with Gasteiger partial charge in [0, 0.05) is 31.7 Å². The lowest BCUT2D eigenvalue weighted by molar-refractivity contribution is -0.130. The summed E-state index contributed by atoms with van der Waals surface area (Å²) in [4.78, 5) is 28.6. The Balaban J connectivity index is 1.59. The lowest BCUT2D eigenvalue weighted by Gasteiger charge is -2.22. The Morgan fingerprint density at radius 2 is 1.65 bits per heavy atom. The molecule has 136 valence electrons. The van der Waals surface area contributed by atoms with Gasteiger partial charge in [-0.1, -0.05) is 35.9 Å². The number of nitrogens with zero attached hydrogens (tertiary/aromatic N) is 2. The third-order valence-corrected chi connectivity index (χ3v) is 4.68. The predicted octanol–water partition coefficient (Wildman–Crippen LogP) is 3.05. The Labute approximate surface area is 153 Å². The molecule has 0 unspecified atom stereocenters. The van der Waals surface area contributed by atoms with Crippen molar-refractivity contribution in [2.24, 2.45) is 0 Å². The fourth-order valence-electron chi connectivity index (χ4n) is 3.17. The molecule has 1 aliphatic rings. The Morgan fingerprint density at radius 3 is 2.38 bits per heavy atom. The topological polar surface area (TPSA) is 40.6 Å². The SMILES string of the molecule is Cc1ccc(CC(=O)N2CCCN(C(=O)c3cccc(F)c3)CC2)cc1. The molecule has 5 heteroatoms. The van der Waals surface area contributed by atoms with Gasteiger partial charge in [0.25, 0.3) is 5.91 Å². The van der Waals surface area contributed by atoms with E-state index in [1.807, 2.05) is 36.1 Å². The van der Waals surface area contributed by atoms with Crippen molar-refractivity contribution < 1.29 is 14.0 Å². The van der Waals surface area contributed by atoms with Crippen molar-refractivity contribution in [1.29, 1.82) is 0 Å². The van der Waals surface area contributed by atoms with Crippen molar-refractivity contribution in [3.8, 4) is 0 Å². The second-order valence-electron chi connectivity index (χ2n) is 6.70. The van der Waals surface area contributed by atoms with Crippen LogP contribution < -0.4 is 0 Å². The number of amides is 2. The zero-order valence-electron chi connectivity index (χ0n) is 15.0. The van der Waals surface area contributed by atoms with E-state index in [0.717, 1.165) is 12.0 Å². The van der Waals surface area contributed by atoms with Crippen LogP contribution in [0, 0.1) is 12.7 Å². The minimum absolute atomic E-state index is 0.0777. The van der Waals surface area contributed by atoms with Crippen LogP contribution in [-0.4, -0.2) is 47.8 Å². The van der Waals surface area contributed by atoms with Gasteiger partial charge in [0.15, 0.2) is 0 Å². The summed E-state index contributed by atoms with van der Waals surface area (Å²) in [6, 6.07) is 13.7. The highest BCUT2D eigenvalue weighted by Crippen LogP contribution is 2.12. The fraction of sp³-hybridized carbons (Fsp3) is 0.333. The highest BCUT2D eigenvalue weighted by molar-refractivity contribution is 5.94. The molecule has 3 rings (SSSR count). The summed E-state index contributed by atoms with van der Waals surface area (Å²) in [5.41, 5.74) is 2.52. The van der Waals surface area contributed by atoms with Crippen LogP contribution in [0.1, 0.15) is 27.9 Å². The lowest BCUT2D eigenvalue weighted by atomic mass is 10.1. The van der Waals surface area contributed by atoms with Crippen molar-refractivity contribution in [3.05, 3.63) is 71.0 Å². The maximum Gasteiger partial charge on any atom is 0.254 e. The number of aryl methyl sites for hydroxylation is 1. The summed E-state index contributed by atoms with van der Waals surface area (Å²) in [6.07, 6.45) is 1.10. The molecule has 0 N–H and O–H groups in total. The van der Waals surface area contributed by atoms with Crippen molar-refractivity contribution in [3.63, 3.8) is 0 Å². The monoisotopic (exact) mass is 354 g/mol. The van der Waals surface area contributed by atoms with Gasteiger partial charge in [-0.3, -0.25) is 9.59 Å². The number of benzene rings is 2. The molecular formula is C21H23FN2O2. The molecule has 1 heterocycles. The average Bonchev–Trinajstić information content (AvgIpc) is 2.89. The van der Waals surface area contributed by atoms with Crippen LogP contribution in [0.3, 0.4) is 0 Å². The Bertz CT molecular complexity index is 789. The van der Waals surface area contributed by atoms with Crippen molar-refractivity contribution >= 4 is 11.8 Å². The molecule has 0 bridgehead atoms. The lowest BCUT2D eigenvalue weighted by Crippen LogP contribution is -2.38. The first-order valence-corrected chi connectivity index (χ1v) is 8.91. The zero-order valence-corrected chi connectivity index (χ0v) is 15.0. The first-order valence-electron chi connectivity index (χ1n) is 8.91. The van der Waals surface area contributed by atoms with E-state index in [9.17, 15) is 14.0 Å². The van der Waals surface area contributed by atoms with Crippen LogP contribution in [0.4, 0.5) is 4.39 Å². The molecule has 0 saturated carbocycles. The number of hydrogen-bond acceptors (Lipinski definition) is 2. The van der Waals surface area contributed by atoms with E-state index >= 15 is 0 Å². The summed E-state index contributed by atoms with van der Waals surface area (Å²) in [5.74, 6) is -0.521. The smallest absolute Gasteiger partial charge is 0.254 e. The van der Waals surface area contributed by atoms with E-state index in [0.29, 0.717) is 38.2 Å². The van der Waals surface area contributed by atoms with Gasteiger partial charge in [-0.25, -0.2) is 4.39 Å². The van der Waals surface area contributed by atoms with Crippen molar-refractivity contribution in [1.82, 2.24) is 9.80 Å².